The normalized spacial score (nSPS) is 30.9. The molecule has 0 saturated carbocycles. The first-order valence-corrected chi connectivity index (χ1v) is 14.0. The van der Waals surface area contributed by atoms with Crippen LogP contribution in [0.15, 0.2) is 23.8 Å². The highest BCUT2D eigenvalue weighted by Gasteiger charge is 2.43. The average molecular weight is 546 g/mol. The van der Waals surface area contributed by atoms with Crippen molar-refractivity contribution in [2.75, 3.05) is 0 Å². The summed E-state index contributed by atoms with van der Waals surface area (Å²) in [6, 6.07) is 0. The Balaban J connectivity index is 1.36. The molecule has 4 aliphatic rings. The number of carbonyl (C=O) groups is 5. The first-order valence-electron chi connectivity index (χ1n) is 14.0. The number of aliphatic hydroxyl groups is 1. The zero-order valence-corrected chi connectivity index (χ0v) is 22.9. The molecule has 214 valence electrons. The summed E-state index contributed by atoms with van der Waals surface area (Å²) in [6.45, 7) is 5.55. The lowest BCUT2D eigenvalue weighted by atomic mass is 9.66. The number of hydrogen-bond donors (Lipinski definition) is 1. The second kappa shape index (κ2) is 12.0. The number of fused-ring (bicyclic) bond motifs is 1. The van der Waals surface area contributed by atoms with Gasteiger partial charge < -0.3 is 19.4 Å². The summed E-state index contributed by atoms with van der Waals surface area (Å²) in [6.07, 6.45) is 8.51. The number of esters is 2. The molecular weight excluding hydrogens is 506 g/mol. The van der Waals surface area contributed by atoms with E-state index >= 15 is 0 Å². The lowest BCUT2D eigenvalue weighted by molar-refractivity contribution is -0.198. The number of hydrogen-bond acceptors (Lipinski definition) is 9. The van der Waals surface area contributed by atoms with Crippen molar-refractivity contribution in [1.29, 1.82) is 0 Å². The number of allylic oxidation sites excluding steroid dienone is 3. The molecule has 0 bridgehead atoms. The van der Waals surface area contributed by atoms with Crippen LogP contribution in [-0.2, 0) is 38.3 Å². The van der Waals surface area contributed by atoms with Crippen LogP contribution in [0.2, 0.25) is 0 Å². The minimum Gasteiger partial charge on any atom is -0.462 e. The Kier molecular flexibility index (Phi) is 8.93. The van der Waals surface area contributed by atoms with E-state index in [1.807, 2.05) is 0 Å². The minimum absolute atomic E-state index is 0.000118. The maximum absolute atomic E-state index is 13.3. The summed E-state index contributed by atoms with van der Waals surface area (Å²) in [5, 5.41) is 10.5. The van der Waals surface area contributed by atoms with E-state index in [4.69, 9.17) is 14.3 Å². The van der Waals surface area contributed by atoms with Crippen LogP contribution in [0.1, 0.15) is 85.0 Å². The number of imide groups is 1. The third kappa shape index (κ3) is 6.96. The molecule has 2 heterocycles. The summed E-state index contributed by atoms with van der Waals surface area (Å²) >= 11 is 0. The van der Waals surface area contributed by atoms with Crippen molar-refractivity contribution >= 4 is 29.7 Å². The van der Waals surface area contributed by atoms with Gasteiger partial charge in [-0.25, -0.2) is 4.79 Å². The van der Waals surface area contributed by atoms with E-state index in [0.717, 1.165) is 18.4 Å². The quantitative estimate of drug-likeness (QED) is 0.342. The highest BCUT2D eigenvalue weighted by atomic mass is 16.7. The molecule has 0 spiro atoms. The van der Waals surface area contributed by atoms with Gasteiger partial charge in [0.2, 0.25) is 0 Å². The molecule has 2 amide bonds. The van der Waals surface area contributed by atoms with Gasteiger partial charge in [0.05, 0.1) is 17.9 Å². The van der Waals surface area contributed by atoms with Crippen LogP contribution in [-0.4, -0.2) is 58.2 Å². The highest BCUT2D eigenvalue weighted by molar-refractivity contribution is 6.01. The third-order valence-electron chi connectivity index (χ3n) is 8.37. The Morgan fingerprint density at radius 2 is 1.87 bits per heavy atom. The van der Waals surface area contributed by atoms with E-state index in [0.29, 0.717) is 24.3 Å². The van der Waals surface area contributed by atoms with Crippen molar-refractivity contribution in [3.05, 3.63) is 23.8 Å². The predicted octanol–water partition coefficient (Wildman–Crippen LogP) is 3.32. The van der Waals surface area contributed by atoms with Gasteiger partial charge in [0.15, 0.2) is 0 Å². The Morgan fingerprint density at radius 1 is 1.15 bits per heavy atom. The van der Waals surface area contributed by atoms with Gasteiger partial charge in [-0.1, -0.05) is 25.2 Å². The fourth-order valence-corrected chi connectivity index (χ4v) is 5.99. The number of hydroxylamine groups is 2. The van der Waals surface area contributed by atoms with Gasteiger partial charge in [-0.05, 0) is 63.4 Å². The van der Waals surface area contributed by atoms with Gasteiger partial charge in [-0.2, -0.15) is 0 Å². The smallest absolute Gasteiger partial charge is 0.333 e. The summed E-state index contributed by atoms with van der Waals surface area (Å²) in [7, 11) is 0. The minimum atomic E-state index is -0.989. The molecule has 6 atom stereocenters. The Bertz CT molecular complexity index is 1040. The fraction of sp³-hybridized carbons (Fsp3) is 0.690. The summed E-state index contributed by atoms with van der Waals surface area (Å²) < 4.78 is 11.6. The fourth-order valence-electron chi connectivity index (χ4n) is 5.99. The van der Waals surface area contributed by atoms with Crippen LogP contribution in [0.25, 0.3) is 0 Å². The molecule has 10 heteroatoms. The van der Waals surface area contributed by atoms with Gasteiger partial charge in [-0.15, -0.1) is 5.06 Å². The molecule has 0 aromatic rings. The molecule has 0 aromatic heterocycles. The second-order valence-corrected chi connectivity index (χ2v) is 11.8. The van der Waals surface area contributed by atoms with Gasteiger partial charge in [0.1, 0.15) is 12.2 Å². The van der Waals surface area contributed by atoms with E-state index in [-0.39, 0.29) is 68.0 Å². The molecule has 2 saturated heterocycles. The van der Waals surface area contributed by atoms with Crippen LogP contribution in [0, 0.1) is 23.2 Å². The molecule has 10 nitrogen and oxygen atoms in total. The first-order chi connectivity index (χ1) is 18.4. The Labute approximate surface area is 228 Å². The zero-order chi connectivity index (χ0) is 28.3. The SMILES string of the molecule is C[C@H]1C=CC2=CCC[C@H](OC(=O)C(C)(C)CCC(=O)ON3C(=O)CCC3=O)C2[C@H]1CCC1C[C@@H](O)CC(=O)O1. The summed E-state index contributed by atoms with van der Waals surface area (Å²) in [5.74, 6) is -2.22. The van der Waals surface area contributed by atoms with E-state index in [1.165, 1.54) is 0 Å². The van der Waals surface area contributed by atoms with Gasteiger partial charge in [-0.3, -0.25) is 19.2 Å². The predicted molar refractivity (Wildman–Crippen MR) is 137 cm³/mol. The molecule has 2 fully saturated rings. The van der Waals surface area contributed by atoms with Crippen molar-refractivity contribution in [1.82, 2.24) is 5.06 Å². The third-order valence-corrected chi connectivity index (χ3v) is 8.37. The molecule has 1 N–H and O–H groups in total. The Hall–Kier alpha value is -3.01. The van der Waals surface area contributed by atoms with Crippen LogP contribution < -0.4 is 0 Å². The number of ether oxygens (including phenoxy) is 2. The maximum atomic E-state index is 13.3. The standard InChI is InChI=1S/C29H39NO9/c1-17-7-8-18-5-4-6-22(27(18)21(17)10-9-20-15-19(31)16-26(35)37-20)38-28(36)29(2,3)14-13-25(34)39-30-23(32)11-12-24(30)33/h5,7-8,17,19-22,27,31H,4,6,9-16H2,1-3H3/t17-,19+,20?,21-,22-,27?/m0/s1. The number of carbonyl (C=O) groups excluding carboxylic acids is 5. The molecule has 2 unspecified atom stereocenters. The van der Waals surface area contributed by atoms with Gasteiger partial charge in [0, 0.05) is 31.6 Å². The van der Waals surface area contributed by atoms with Crippen LogP contribution in [0.5, 0.6) is 0 Å². The van der Waals surface area contributed by atoms with Crippen LogP contribution in [0.3, 0.4) is 0 Å². The van der Waals surface area contributed by atoms with Crippen LogP contribution in [0.4, 0.5) is 0 Å². The van der Waals surface area contributed by atoms with Crippen molar-refractivity contribution in [2.45, 2.75) is 103 Å². The van der Waals surface area contributed by atoms with Crippen molar-refractivity contribution < 1.29 is 43.4 Å². The number of nitrogens with zero attached hydrogens (tertiary/aromatic N) is 1. The molecule has 0 aromatic carbocycles. The monoisotopic (exact) mass is 545 g/mol. The Morgan fingerprint density at radius 3 is 2.56 bits per heavy atom. The summed E-state index contributed by atoms with van der Waals surface area (Å²) in [4.78, 5) is 65.7. The number of cyclic esters (lactones) is 1. The molecule has 4 rings (SSSR count). The van der Waals surface area contributed by atoms with E-state index < -0.39 is 35.3 Å². The molecular formula is C29H39NO9. The van der Waals surface area contributed by atoms with Crippen LogP contribution >= 0.6 is 0 Å². The second-order valence-electron chi connectivity index (χ2n) is 11.8. The maximum Gasteiger partial charge on any atom is 0.333 e. The molecule has 0 radical (unpaired) electrons. The highest BCUT2D eigenvalue weighted by Crippen LogP contribution is 2.44. The number of rotatable bonds is 9. The lowest BCUT2D eigenvalue weighted by Crippen LogP contribution is -2.42. The van der Waals surface area contributed by atoms with E-state index in [9.17, 15) is 29.1 Å². The average Bonchev–Trinajstić information content (AvgIpc) is 3.18. The molecule has 2 aliphatic heterocycles. The summed E-state index contributed by atoms with van der Waals surface area (Å²) in [5.41, 5.74) is 0.154. The molecule has 39 heavy (non-hydrogen) atoms. The van der Waals surface area contributed by atoms with Crippen molar-refractivity contribution in [3.8, 4) is 0 Å². The lowest BCUT2D eigenvalue weighted by Gasteiger charge is -2.43. The van der Waals surface area contributed by atoms with E-state index in [1.54, 1.807) is 13.8 Å². The number of amides is 2. The first kappa shape index (κ1) is 29.0. The zero-order valence-electron chi connectivity index (χ0n) is 22.9. The molecule has 2 aliphatic carbocycles. The van der Waals surface area contributed by atoms with E-state index in [2.05, 4.69) is 25.2 Å². The number of aliphatic hydroxyl groups excluding tert-OH is 1. The van der Waals surface area contributed by atoms with Crippen molar-refractivity contribution in [2.24, 2.45) is 23.2 Å². The van der Waals surface area contributed by atoms with Gasteiger partial charge >= 0.3 is 17.9 Å². The van der Waals surface area contributed by atoms with Gasteiger partial charge in [0.25, 0.3) is 11.8 Å². The topological polar surface area (TPSA) is 137 Å². The largest absolute Gasteiger partial charge is 0.462 e. The van der Waals surface area contributed by atoms with Crippen molar-refractivity contribution in [3.63, 3.8) is 0 Å².